The normalized spacial score (nSPS) is 14.3. The van der Waals surface area contributed by atoms with E-state index in [2.05, 4.69) is 9.97 Å². The van der Waals surface area contributed by atoms with E-state index >= 15 is 0 Å². The number of fused-ring (bicyclic) bond motifs is 1. The zero-order valence-corrected chi connectivity index (χ0v) is 11.2. The Hall–Kier alpha value is -1.79. The van der Waals surface area contributed by atoms with Crippen LogP contribution in [0.5, 0.6) is 0 Å². The van der Waals surface area contributed by atoms with Crippen LogP contribution in [0.2, 0.25) is 0 Å². The first-order chi connectivity index (χ1) is 9.28. The van der Waals surface area contributed by atoms with Gasteiger partial charge < -0.3 is 10.6 Å². The molecule has 1 amide bonds. The lowest BCUT2D eigenvalue weighted by Gasteiger charge is -2.27. The molecule has 3 heterocycles. The van der Waals surface area contributed by atoms with Crippen LogP contribution < -0.4 is 5.73 Å². The van der Waals surface area contributed by atoms with Crippen molar-refractivity contribution in [3.8, 4) is 0 Å². The number of thiazole rings is 1. The van der Waals surface area contributed by atoms with Gasteiger partial charge >= 0.3 is 0 Å². The lowest BCUT2D eigenvalue weighted by molar-refractivity contribution is 0.0728. The van der Waals surface area contributed by atoms with E-state index in [1.165, 1.54) is 11.3 Å². The van der Waals surface area contributed by atoms with E-state index < -0.39 is 0 Å². The van der Waals surface area contributed by atoms with E-state index in [-0.39, 0.29) is 5.91 Å². The summed E-state index contributed by atoms with van der Waals surface area (Å²) in [5.41, 5.74) is 8.23. The summed E-state index contributed by atoms with van der Waals surface area (Å²) in [6, 6.07) is 3.93. The average molecular weight is 274 g/mol. The summed E-state index contributed by atoms with van der Waals surface area (Å²) in [6.07, 6.45) is 2.60. The number of hydrogen-bond donors (Lipinski definition) is 1. The Labute approximate surface area is 115 Å². The van der Waals surface area contributed by atoms with Gasteiger partial charge in [0, 0.05) is 43.3 Å². The summed E-state index contributed by atoms with van der Waals surface area (Å²) >= 11 is 1.43. The largest absolute Gasteiger partial charge is 0.332 e. The second-order valence-corrected chi connectivity index (χ2v) is 5.36. The molecule has 0 spiro atoms. The average Bonchev–Trinajstić information content (AvgIpc) is 2.95. The Kier molecular flexibility index (Phi) is 3.27. The first-order valence-electron chi connectivity index (χ1n) is 6.14. The van der Waals surface area contributed by atoms with Crippen molar-refractivity contribution in [3.63, 3.8) is 0 Å². The molecule has 19 heavy (non-hydrogen) atoms. The highest BCUT2D eigenvalue weighted by atomic mass is 32.1. The Balaban J connectivity index is 1.79. The molecule has 6 heteroatoms. The summed E-state index contributed by atoms with van der Waals surface area (Å²) in [7, 11) is 0. The molecule has 1 aliphatic rings. The minimum Gasteiger partial charge on any atom is -0.332 e. The van der Waals surface area contributed by atoms with Gasteiger partial charge in [0.1, 0.15) is 10.7 Å². The lowest BCUT2D eigenvalue weighted by Crippen LogP contribution is -2.36. The molecular weight excluding hydrogens is 260 g/mol. The summed E-state index contributed by atoms with van der Waals surface area (Å²) in [6.45, 7) is 1.68. The summed E-state index contributed by atoms with van der Waals surface area (Å²) in [4.78, 5) is 22.7. The molecule has 5 nitrogen and oxygen atoms in total. The number of carbonyl (C=O) groups excluding carboxylic acids is 1. The molecule has 0 aromatic carbocycles. The quantitative estimate of drug-likeness (QED) is 0.893. The van der Waals surface area contributed by atoms with Gasteiger partial charge in [-0.2, -0.15) is 0 Å². The van der Waals surface area contributed by atoms with Crippen molar-refractivity contribution >= 4 is 17.2 Å². The smallest absolute Gasteiger partial charge is 0.273 e. The highest BCUT2D eigenvalue weighted by molar-refractivity contribution is 7.09. The van der Waals surface area contributed by atoms with E-state index in [1.54, 1.807) is 11.6 Å². The van der Waals surface area contributed by atoms with Crippen LogP contribution in [0.3, 0.4) is 0 Å². The van der Waals surface area contributed by atoms with Crippen molar-refractivity contribution in [1.82, 2.24) is 14.9 Å². The number of carbonyl (C=O) groups is 1. The van der Waals surface area contributed by atoms with Crippen LogP contribution in [-0.4, -0.2) is 27.3 Å². The van der Waals surface area contributed by atoms with E-state index in [0.29, 0.717) is 25.3 Å². The first kappa shape index (κ1) is 12.3. The molecule has 98 valence electrons. The van der Waals surface area contributed by atoms with E-state index in [4.69, 9.17) is 5.73 Å². The van der Waals surface area contributed by atoms with Crippen LogP contribution in [0.1, 0.15) is 26.8 Å². The zero-order chi connectivity index (χ0) is 13.2. The Morgan fingerprint density at radius 2 is 2.42 bits per heavy atom. The van der Waals surface area contributed by atoms with Crippen molar-refractivity contribution in [1.29, 1.82) is 0 Å². The Morgan fingerprint density at radius 3 is 3.21 bits per heavy atom. The third-order valence-corrected chi connectivity index (χ3v) is 4.07. The van der Waals surface area contributed by atoms with Gasteiger partial charge in [-0.15, -0.1) is 11.3 Å². The molecule has 0 fully saturated rings. The van der Waals surface area contributed by atoms with Gasteiger partial charge in [-0.05, 0) is 11.6 Å². The maximum atomic E-state index is 12.3. The van der Waals surface area contributed by atoms with Gasteiger partial charge in [-0.3, -0.25) is 9.78 Å². The van der Waals surface area contributed by atoms with Crippen LogP contribution in [0.25, 0.3) is 0 Å². The fraction of sp³-hybridized carbons (Fsp3) is 0.308. The van der Waals surface area contributed by atoms with Gasteiger partial charge in [-0.1, -0.05) is 6.07 Å². The van der Waals surface area contributed by atoms with Gasteiger partial charge in [0.2, 0.25) is 0 Å². The molecule has 2 N–H and O–H groups in total. The van der Waals surface area contributed by atoms with E-state index in [1.807, 2.05) is 17.0 Å². The van der Waals surface area contributed by atoms with Crippen molar-refractivity contribution in [2.24, 2.45) is 5.73 Å². The predicted octanol–water partition coefficient (Wildman–Crippen LogP) is 1.20. The van der Waals surface area contributed by atoms with Crippen LogP contribution >= 0.6 is 11.3 Å². The first-order valence-corrected chi connectivity index (χ1v) is 7.02. The molecule has 0 radical (unpaired) electrons. The molecule has 2 aromatic rings. The second kappa shape index (κ2) is 5.07. The Bertz CT molecular complexity index is 610. The fourth-order valence-corrected chi connectivity index (χ4v) is 2.85. The maximum absolute atomic E-state index is 12.3. The molecular formula is C13H14N4OS. The number of nitrogens with two attached hydrogens (primary N) is 1. The molecule has 0 unspecified atom stereocenters. The van der Waals surface area contributed by atoms with E-state index in [0.717, 1.165) is 22.7 Å². The highest BCUT2D eigenvalue weighted by Crippen LogP contribution is 2.19. The summed E-state index contributed by atoms with van der Waals surface area (Å²) in [5.74, 6) is -0.0227. The Morgan fingerprint density at radius 1 is 1.53 bits per heavy atom. The number of rotatable bonds is 2. The molecule has 2 aromatic heterocycles. The van der Waals surface area contributed by atoms with Gasteiger partial charge in [-0.25, -0.2) is 4.98 Å². The topological polar surface area (TPSA) is 72.1 Å². The number of amides is 1. The lowest BCUT2D eigenvalue weighted by atomic mass is 10.1. The molecule has 0 saturated carbocycles. The summed E-state index contributed by atoms with van der Waals surface area (Å²) in [5, 5.41) is 2.57. The standard InChI is InChI=1S/C13H14N4OS/c14-6-12-16-11(8-19-12)13(18)17-5-3-10-9(7-17)2-1-4-15-10/h1-2,4,8H,3,5-7,14H2. The van der Waals surface area contributed by atoms with Gasteiger partial charge in [0.25, 0.3) is 5.91 Å². The monoisotopic (exact) mass is 274 g/mol. The van der Waals surface area contributed by atoms with Crippen LogP contribution in [0.15, 0.2) is 23.7 Å². The molecule has 0 atom stereocenters. The third kappa shape index (κ3) is 2.36. The minimum absolute atomic E-state index is 0.0227. The van der Waals surface area contributed by atoms with E-state index in [9.17, 15) is 4.79 Å². The van der Waals surface area contributed by atoms with Crippen LogP contribution in [-0.2, 0) is 19.5 Å². The number of pyridine rings is 1. The second-order valence-electron chi connectivity index (χ2n) is 4.42. The van der Waals surface area contributed by atoms with Crippen molar-refractivity contribution in [3.05, 3.63) is 45.7 Å². The minimum atomic E-state index is -0.0227. The molecule has 1 aliphatic heterocycles. The zero-order valence-electron chi connectivity index (χ0n) is 10.4. The molecule has 0 bridgehead atoms. The predicted molar refractivity (Wildman–Crippen MR) is 72.7 cm³/mol. The number of hydrogen-bond acceptors (Lipinski definition) is 5. The van der Waals surface area contributed by atoms with Crippen molar-refractivity contribution < 1.29 is 4.79 Å². The maximum Gasteiger partial charge on any atom is 0.273 e. The van der Waals surface area contributed by atoms with Crippen molar-refractivity contribution in [2.45, 2.75) is 19.5 Å². The van der Waals surface area contributed by atoms with Crippen LogP contribution in [0.4, 0.5) is 0 Å². The highest BCUT2D eigenvalue weighted by Gasteiger charge is 2.23. The molecule has 0 aliphatic carbocycles. The summed E-state index contributed by atoms with van der Waals surface area (Å²) < 4.78 is 0. The number of nitrogens with zero attached hydrogens (tertiary/aromatic N) is 3. The molecule has 3 rings (SSSR count). The number of aromatic nitrogens is 2. The van der Waals surface area contributed by atoms with Crippen molar-refractivity contribution in [2.75, 3.05) is 6.54 Å². The fourth-order valence-electron chi connectivity index (χ4n) is 2.20. The molecule has 0 saturated heterocycles. The third-order valence-electron chi connectivity index (χ3n) is 3.20. The van der Waals surface area contributed by atoms with Gasteiger partial charge in [0.05, 0.1) is 0 Å². The van der Waals surface area contributed by atoms with Gasteiger partial charge in [0.15, 0.2) is 0 Å². The van der Waals surface area contributed by atoms with Crippen LogP contribution in [0, 0.1) is 0 Å². The SMILES string of the molecule is NCc1nc(C(=O)N2CCc3ncccc3C2)cs1.